The Morgan fingerprint density at radius 2 is 2.03 bits per heavy atom. The first-order chi connectivity index (χ1) is 15.4. The lowest BCUT2D eigenvalue weighted by Gasteiger charge is -2.32. The predicted molar refractivity (Wildman–Crippen MR) is 124 cm³/mol. The summed E-state index contributed by atoms with van der Waals surface area (Å²) in [5.41, 5.74) is 5.06. The molecule has 3 aromatic heterocycles. The molecular weight excluding hydrogens is 404 g/mol. The molecule has 2 N–H and O–H groups in total. The van der Waals surface area contributed by atoms with Gasteiger partial charge in [-0.1, -0.05) is 12.1 Å². The average Bonchev–Trinajstić information content (AvgIpc) is 3.34. The Labute approximate surface area is 185 Å². The minimum absolute atomic E-state index is 0.0904. The molecule has 32 heavy (non-hydrogen) atoms. The van der Waals surface area contributed by atoms with Crippen molar-refractivity contribution >= 4 is 28.0 Å². The summed E-state index contributed by atoms with van der Waals surface area (Å²) in [7, 11) is 1.82. The number of fused-ring (bicyclic) bond motifs is 2. The van der Waals surface area contributed by atoms with Crippen molar-refractivity contribution in [2.75, 3.05) is 13.1 Å². The Hall–Kier alpha value is -3.42. The molecule has 1 amide bonds. The quantitative estimate of drug-likeness (QED) is 0.518. The number of nitrogens with one attached hydrogen (secondary N) is 2. The van der Waals surface area contributed by atoms with Crippen LogP contribution in [0.25, 0.3) is 22.1 Å². The van der Waals surface area contributed by atoms with Crippen LogP contribution in [-0.2, 0) is 18.3 Å². The summed E-state index contributed by atoms with van der Waals surface area (Å²) >= 11 is 0. The first-order valence-corrected chi connectivity index (χ1v) is 11.2. The fraction of sp³-hybridized carbons (Fsp3) is 0.417. The highest BCUT2D eigenvalue weighted by molar-refractivity contribution is 5.83. The molecule has 0 saturated carbocycles. The largest absolute Gasteiger partial charge is 0.342 e. The van der Waals surface area contributed by atoms with Crippen LogP contribution < -0.4 is 5.56 Å². The number of aromatic amines is 2. The molecule has 0 unspecified atom stereocenters. The molecule has 1 aliphatic rings. The minimum atomic E-state index is -0.135. The number of rotatable bonds is 4. The highest BCUT2D eigenvalue weighted by Crippen LogP contribution is 2.27. The Kier molecular flexibility index (Phi) is 5.07. The Balaban J connectivity index is 1.31. The number of aryl methyl sites for hydroxylation is 3. The van der Waals surface area contributed by atoms with Crippen LogP contribution in [0, 0.1) is 13.8 Å². The Morgan fingerprint density at radius 3 is 2.84 bits per heavy atom. The van der Waals surface area contributed by atoms with E-state index in [0.717, 1.165) is 58.5 Å². The van der Waals surface area contributed by atoms with Crippen LogP contribution in [0.3, 0.4) is 0 Å². The van der Waals surface area contributed by atoms with Gasteiger partial charge < -0.3 is 14.9 Å². The SMILES string of the molecule is Cc1nn(C)c2[nH]c(=O)c(CCC(=O)N3CCC[C@@H](c4nc5ccccc5[nH]4)C3)c(C)c12. The van der Waals surface area contributed by atoms with Crippen LogP contribution >= 0.6 is 0 Å². The molecule has 1 aliphatic heterocycles. The molecule has 5 rings (SSSR count). The number of aromatic nitrogens is 5. The summed E-state index contributed by atoms with van der Waals surface area (Å²) in [6.45, 7) is 5.31. The second kappa shape index (κ2) is 7.93. The van der Waals surface area contributed by atoms with E-state index in [0.29, 0.717) is 24.9 Å². The van der Waals surface area contributed by atoms with Crippen LogP contribution in [0.4, 0.5) is 0 Å². The minimum Gasteiger partial charge on any atom is -0.342 e. The van der Waals surface area contributed by atoms with E-state index in [2.05, 4.69) is 15.1 Å². The van der Waals surface area contributed by atoms with Crippen molar-refractivity contribution < 1.29 is 4.79 Å². The number of carbonyl (C=O) groups excluding carboxylic acids is 1. The van der Waals surface area contributed by atoms with Gasteiger partial charge in [-0.25, -0.2) is 4.98 Å². The van der Waals surface area contributed by atoms with Crippen LogP contribution in [0.15, 0.2) is 29.1 Å². The maximum atomic E-state index is 13.0. The lowest BCUT2D eigenvalue weighted by molar-refractivity contribution is -0.132. The molecule has 1 aromatic carbocycles. The molecule has 0 spiro atoms. The van der Waals surface area contributed by atoms with Crippen LogP contribution in [-0.4, -0.2) is 48.6 Å². The number of pyridine rings is 1. The van der Waals surface area contributed by atoms with Gasteiger partial charge in [-0.3, -0.25) is 14.3 Å². The van der Waals surface area contributed by atoms with Crippen molar-refractivity contribution in [1.29, 1.82) is 0 Å². The number of imidazole rings is 1. The molecule has 8 heteroatoms. The number of benzene rings is 1. The van der Waals surface area contributed by atoms with Crippen molar-refractivity contribution in [3.05, 3.63) is 57.3 Å². The molecule has 1 saturated heterocycles. The Morgan fingerprint density at radius 1 is 1.22 bits per heavy atom. The second-order valence-corrected chi connectivity index (χ2v) is 8.81. The van der Waals surface area contributed by atoms with Crippen molar-refractivity contribution in [2.45, 2.75) is 45.4 Å². The molecule has 0 aliphatic carbocycles. The van der Waals surface area contributed by atoms with E-state index in [1.807, 2.05) is 50.1 Å². The summed E-state index contributed by atoms with van der Waals surface area (Å²) in [5.74, 6) is 1.25. The van der Waals surface area contributed by atoms with Crippen molar-refractivity contribution in [2.24, 2.45) is 7.05 Å². The van der Waals surface area contributed by atoms with E-state index < -0.39 is 0 Å². The first-order valence-electron chi connectivity index (χ1n) is 11.2. The van der Waals surface area contributed by atoms with Gasteiger partial charge >= 0.3 is 0 Å². The second-order valence-electron chi connectivity index (χ2n) is 8.81. The zero-order valence-electron chi connectivity index (χ0n) is 18.7. The summed E-state index contributed by atoms with van der Waals surface area (Å²) < 4.78 is 1.69. The molecule has 4 aromatic rings. The van der Waals surface area contributed by atoms with Gasteiger partial charge in [0.1, 0.15) is 11.5 Å². The molecule has 0 radical (unpaired) electrons. The average molecular weight is 433 g/mol. The first kappa shape index (κ1) is 20.5. The standard InChI is InChI=1S/C24H28N6O2/c1-14-17(24(32)27-23-21(14)15(2)28-29(23)3)10-11-20(31)30-12-6-7-16(13-30)22-25-18-8-4-5-9-19(18)26-22/h4-5,8-9,16H,6-7,10-13H2,1-3H3,(H,25,26)(H,27,32)/t16-/m1/s1. The van der Waals surface area contributed by atoms with Gasteiger partial charge in [0, 0.05) is 43.4 Å². The number of likely N-dealkylation sites (tertiary alicyclic amines) is 1. The summed E-state index contributed by atoms with van der Waals surface area (Å²) in [5, 5.41) is 5.39. The molecule has 166 valence electrons. The summed E-state index contributed by atoms with van der Waals surface area (Å²) in [6.07, 6.45) is 2.71. The summed E-state index contributed by atoms with van der Waals surface area (Å²) in [6, 6.07) is 8.01. The number of nitrogens with zero attached hydrogens (tertiary/aromatic N) is 4. The van der Waals surface area contributed by atoms with Crippen LogP contribution in [0.1, 0.15) is 47.8 Å². The van der Waals surface area contributed by atoms with E-state index >= 15 is 0 Å². The fourth-order valence-electron chi connectivity index (χ4n) is 5.04. The Bertz CT molecular complexity index is 1350. The van der Waals surface area contributed by atoms with E-state index in [1.165, 1.54) is 0 Å². The number of H-pyrrole nitrogens is 2. The van der Waals surface area contributed by atoms with E-state index in [-0.39, 0.29) is 17.4 Å². The molecular formula is C24H28N6O2. The zero-order valence-corrected chi connectivity index (χ0v) is 18.7. The number of amides is 1. The highest BCUT2D eigenvalue weighted by Gasteiger charge is 2.27. The molecule has 1 atom stereocenters. The van der Waals surface area contributed by atoms with Gasteiger partial charge in [-0.05, 0) is 50.8 Å². The lowest BCUT2D eigenvalue weighted by Crippen LogP contribution is -2.39. The number of carbonyl (C=O) groups is 1. The third kappa shape index (κ3) is 3.49. The summed E-state index contributed by atoms with van der Waals surface area (Å²) in [4.78, 5) is 38.8. The third-order valence-electron chi connectivity index (χ3n) is 6.71. The zero-order chi connectivity index (χ0) is 22.4. The van der Waals surface area contributed by atoms with Crippen molar-refractivity contribution in [3.8, 4) is 0 Å². The van der Waals surface area contributed by atoms with E-state index in [1.54, 1.807) is 4.68 Å². The highest BCUT2D eigenvalue weighted by atomic mass is 16.2. The van der Waals surface area contributed by atoms with Crippen LogP contribution in [0.2, 0.25) is 0 Å². The van der Waals surface area contributed by atoms with Gasteiger partial charge in [-0.15, -0.1) is 0 Å². The normalized spacial score (nSPS) is 16.8. The maximum absolute atomic E-state index is 13.0. The molecule has 1 fully saturated rings. The lowest BCUT2D eigenvalue weighted by atomic mass is 9.96. The molecule has 8 nitrogen and oxygen atoms in total. The fourth-order valence-corrected chi connectivity index (χ4v) is 5.04. The smallest absolute Gasteiger partial charge is 0.253 e. The number of para-hydroxylation sites is 2. The monoisotopic (exact) mass is 432 g/mol. The number of piperidine rings is 1. The predicted octanol–water partition coefficient (Wildman–Crippen LogP) is 3.09. The van der Waals surface area contributed by atoms with Crippen molar-refractivity contribution in [1.82, 2.24) is 29.6 Å². The van der Waals surface area contributed by atoms with E-state index in [9.17, 15) is 9.59 Å². The maximum Gasteiger partial charge on any atom is 0.253 e. The van der Waals surface area contributed by atoms with Gasteiger partial charge in [0.25, 0.3) is 5.56 Å². The number of hydrogen-bond donors (Lipinski definition) is 2. The van der Waals surface area contributed by atoms with Gasteiger partial charge in [0.15, 0.2) is 0 Å². The van der Waals surface area contributed by atoms with Gasteiger partial charge in [0.05, 0.1) is 16.7 Å². The molecule has 4 heterocycles. The van der Waals surface area contributed by atoms with Gasteiger partial charge in [-0.2, -0.15) is 5.10 Å². The topological polar surface area (TPSA) is 99.7 Å². The van der Waals surface area contributed by atoms with Crippen LogP contribution in [0.5, 0.6) is 0 Å². The molecule has 0 bridgehead atoms. The van der Waals surface area contributed by atoms with E-state index in [4.69, 9.17) is 4.98 Å². The van der Waals surface area contributed by atoms with Crippen molar-refractivity contribution in [3.63, 3.8) is 0 Å². The third-order valence-corrected chi connectivity index (χ3v) is 6.71. The number of hydrogen-bond acceptors (Lipinski definition) is 4. The van der Waals surface area contributed by atoms with Gasteiger partial charge in [0.2, 0.25) is 5.91 Å².